The van der Waals surface area contributed by atoms with Gasteiger partial charge in [-0.2, -0.15) is 0 Å². The Kier molecular flexibility index (Phi) is 8.04. The third-order valence-electron chi connectivity index (χ3n) is 4.50. The van der Waals surface area contributed by atoms with Crippen molar-refractivity contribution in [2.75, 3.05) is 39.2 Å². The fourth-order valence-electron chi connectivity index (χ4n) is 3.00. The van der Waals surface area contributed by atoms with Crippen LogP contribution < -0.4 is 9.64 Å². The minimum absolute atomic E-state index is 0. The number of anilines is 1. The van der Waals surface area contributed by atoms with Crippen LogP contribution in [0.1, 0.15) is 10.8 Å². The number of benzene rings is 2. The molecule has 1 amide bonds. The molecule has 0 saturated carbocycles. The molecule has 2 aromatic rings. The standard InChI is InChI=1S/C20H23ClN2O3S.ClH/c1-22(2)11-12-23-16-6-4-5-15(21)19(16)27-18(17(24)20(23)25)13-7-9-14(26-3)10-8-13;/h4-10,17-18,24H,11-12H2,1-3H3;1H/t17-,18+;/m1./s1. The first kappa shape index (κ1) is 22.8. The van der Waals surface area contributed by atoms with Gasteiger partial charge in [-0.3, -0.25) is 4.79 Å². The Morgan fingerprint density at radius 3 is 2.50 bits per heavy atom. The Balaban J connectivity index is 0.00000280. The highest BCUT2D eigenvalue weighted by atomic mass is 35.5. The quantitative estimate of drug-likeness (QED) is 0.761. The van der Waals surface area contributed by atoms with Gasteiger partial charge in [-0.25, -0.2) is 0 Å². The second-order valence-electron chi connectivity index (χ2n) is 6.64. The van der Waals surface area contributed by atoms with Gasteiger partial charge in [0.15, 0.2) is 0 Å². The zero-order valence-corrected chi connectivity index (χ0v) is 18.4. The molecule has 8 heteroatoms. The molecule has 1 N–H and O–H groups in total. The summed E-state index contributed by atoms with van der Waals surface area (Å²) < 4.78 is 5.21. The first-order chi connectivity index (χ1) is 12.9. The summed E-state index contributed by atoms with van der Waals surface area (Å²) in [4.78, 5) is 17.6. The molecule has 5 nitrogen and oxygen atoms in total. The Hall–Kier alpha value is -1.44. The van der Waals surface area contributed by atoms with E-state index in [4.69, 9.17) is 16.3 Å². The van der Waals surface area contributed by atoms with Crippen LogP contribution in [0.5, 0.6) is 5.75 Å². The Bertz CT molecular complexity index is 818. The van der Waals surface area contributed by atoms with Crippen molar-refractivity contribution in [1.82, 2.24) is 4.90 Å². The van der Waals surface area contributed by atoms with Crippen LogP contribution in [0.15, 0.2) is 47.4 Å². The van der Waals surface area contributed by atoms with Crippen LogP contribution >= 0.6 is 35.8 Å². The maximum Gasteiger partial charge on any atom is 0.257 e. The van der Waals surface area contributed by atoms with Crippen LogP contribution in [0, 0.1) is 0 Å². The summed E-state index contributed by atoms with van der Waals surface area (Å²) in [5, 5.41) is 11.0. The van der Waals surface area contributed by atoms with E-state index in [0.717, 1.165) is 21.9 Å². The number of hydrogen-bond donors (Lipinski definition) is 1. The molecule has 1 aliphatic rings. The van der Waals surface area contributed by atoms with Gasteiger partial charge in [-0.15, -0.1) is 24.2 Å². The number of thioether (sulfide) groups is 1. The summed E-state index contributed by atoms with van der Waals surface area (Å²) >= 11 is 7.89. The number of aliphatic hydroxyl groups is 1. The second-order valence-corrected chi connectivity index (χ2v) is 8.20. The van der Waals surface area contributed by atoms with E-state index in [1.54, 1.807) is 12.0 Å². The summed E-state index contributed by atoms with van der Waals surface area (Å²) in [6, 6.07) is 12.9. The molecule has 0 aromatic heterocycles. The first-order valence-corrected chi connectivity index (χ1v) is 9.91. The molecule has 0 spiro atoms. The molecule has 0 saturated heterocycles. The van der Waals surface area contributed by atoms with Gasteiger partial charge in [-0.1, -0.05) is 29.8 Å². The number of rotatable bonds is 5. The lowest BCUT2D eigenvalue weighted by Gasteiger charge is -2.26. The SMILES string of the molecule is COc1ccc([C@@H]2Sc3c(Cl)cccc3N(CCN(C)C)C(=O)[C@@H]2O)cc1.Cl. The van der Waals surface area contributed by atoms with Crippen molar-refractivity contribution in [3.8, 4) is 5.75 Å². The number of methoxy groups -OCH3 is 1. The molecule has 2 atom stereocenters. The van der Waals surface area contributed by atoms with Gasteiger partial charge >= 0.3 is 0 Å². The van der Waals surface area contributed by atoms with E-state index in [1.807, 2.05) is 61.5 Å². The van der Waals surface area contributed by atoms with E-state index in [9.17, 15) is 9.90 Å². The number of aliphatic hydroxyl groups excluding tert-OH is 1. The Morgan fingerprint density at radius 2 is 1.89 bits per heavy atom. The average Bonchev–Trinajstić information content (AvgIpc) is 2.76. The lowest BCUT2D eigenvalue weighted by atomic mass is 10.1. The van der Waals surface area contributed by atoms with Crippen molar-refractivity contribution in [2.24, 2.45) is 0 Å². The zero-order chi connectivity index (χ0) is 19.6. The number of nitrogens with zero attached hydrogens (tertiary/aromatic N) is 2. The third kappa shape index (κ3) is 4.75. The van der Waals surface area contributed by atoms with Crippen molar-refractivity contribution >= 4 is 47.4 Å². The normalized spacial score (nSPS) is 19.1. The smallest absolute Gasteiger partial charge is 0.257 e. The van der Waals surface area contributed by atoms with E-state index < -0.39 is 11.4 Å². The molecule has 1 aliphatic heterocycles. The van der Waals surface area contributed by atoms with Crippen molar-refractivity contribution < 1.29 is 14.6 Å². The van der Waals surface area contributed by atoms with Gasteiger partial charge < -0.3 is 19.6 Å². The number of fused-ring (bicyclic) bond motifs is 1. The van der Waals surface area contributed by atoms with Crippen LogP contribution in [-0.4, -0.2) is 56.3 Å². The predicted octanol–water partition coefficient (Wildman–Crippen LogP) is 3.87. The largest absolute Gasteiger partial charge is 0.497 e. The fraction of sp³-hybridized carbons (Fsp3) is 0.350. The summed E-state index contributed by atoms with van der Waals surface area (Å²) in [6.07, 6.45) is -1.17. The Labute approximate surface area is 181 Å². The highest BCUT2D eigenvalue weighted by Gasteiger charge is 2.38. The molecule has 0 fully saturated rings. The summed E-state index contributed by atoms with van der Waals surface area (Å²) in [7, 11) is 5.51. The van der Waals surface area contributed by atoms with Gasteiger partial charge in [0.1, 0.15) is 11.9 Å². The van der Waals surface area contributed by atoms with Gasteiger partial charge in [0.05, 0.1) is 28.0 Å². The van der Waals surface area contributed by atoms with Crippen molar-refractivity contribution in [1.29, 1.82) is 0 Å². The van der Waals surface area contributed by atoms with Crippen LogP contribution in [0.4, 0.5) is 5.69 Å². The van der Waals surface area contributed by atoms with Crippen LogP contribution in [0.25, 0.3) is 0 Å². The van der Waals surface area contributed by atoms with Crippen LogP contribution in [0.2, 0.25) is 5.02 Å². The fourth-order valence-corrected chi connectivity index (χ4v) is 4.58. The Morgan fingerprint density at radius 1 is 1.21 bits per heavy atom. The molecule has 2 aromatic carbocycles. The molecule has 152 valence electrons. The highest BCUT2D eigenvalue weighted by Crippen LogP contribution is 2.48. The minimum Gasteiger partial charge on any atom is -0.497 e. The highest BCUT2D eigenvalue weighted by molar-refractivity contribution is 8.00. The monoisotopic (exact) mass is 442 g/mol. The van der Waals surface area contributed by atoms with E-state index in [-0.39, 0.29) is 18.3 Å². The molecular weight excluding hydrogens is 419 g/mol. The lowest BCUT2D eigenvalue weighted by molar-refractivity contribution is -0.126. The van der Waals surface area contributed by atoms with Gasteiger partial charge in [0.2, 0.25) is 0 Å². The van der Waals surface area contributed by atoms with E-state index >= 15 is 0 Å². The van der Waals surface area contributed by atoms with Crippen LogP contribution in [-0.2, 0) is 4.79 Å². The molecule has 0 bridgehead atoms. The maximum atomic E-state index is 13.1. The minimum atomic E-state index is -1.17. The van der Waals surface area contributed by atoms with E-state index in [1.165, 1.54) is 11.8 Å². The molecule has 0 radical (unpaired) electrons. The number of hydrogen-bond acceptors (Lipinski definition) is 5. The zero-order valence-electron chi connectivity index (χ0n) is 16.0. The van der Waals surface area contributed by atoms with Gasteiger partial charge in [0.25, 0.3) is 5.91 Å². The number of amides is 1. The van der Waals surface area contributed by atoms with E-state index in [2.05, 4.69) is 0 Å². The lowest BCUT2D eigenvalue weighted by Crippen LogP contribution is -2.43. The summed E-state index contributed by atoms with van der Waals surface area (Å²) in [6.45, 7) is 1.16. The molecule has 0 unspecified atom stereocenters. The van der Waals surface area contributed by atoms with E-state index in [0.29, 0.717) is 18.1 Å². The van der Waals surface area contributed by atoms with Crippen molar-refractivity contribution in [2.45, 2.75) is 16.2 Å². The molecule has 0 aliphatic carbocycles. The number of ether oxygens (including phenoxy) is 1. The average molecular weight is 443 g/mol. The summed E-state index contributed by atoms with van der Waals surface area (Å²) in [5.74, 6) is 0.412. The number of carbonyl (C=O) groups is 1. The first-order valence-electron chi connectivity index (χ1n) is 8.65. The van der Waals surface area contributed by atoms with Gasteiger partial charge in [-0.05, 0) is 43.9 Å². The molecular formula is C20H24Cl2N2O3S. The third-order valence-corrected chi connectivity index (χ3v) is 6.38. The van der Waals surface area contributed by atoms with Crippen LogP contribution in [0.3, 0.4) is 0 Å². The van der Waals surface area contributed by atoms with Crippen molar-refractivity contribution in [3.05, 3.63) is 53.1 Å². The maximum absolute atomic E-state index is 13.1. The predicted molar refractivity (Wildman–Crippen MR) is 117 cm³/mol. The molecule has 28 heavy (non-hydrogen) atoms. The summed E-state index contributed by atoms with van der Waals surface area (Å²) in [5.41, 5.74) is 1.59. The number of likely N-dealkylation sites (N-methyl/N-ethyl adjacent to an activating group) is 1. The number of carbonyl (C=O) groups excluding carboxylic acids is 1. The topological polar surface area (TPSA) is 53.0 Å². The number of halogens is 2. The molecule has 3 rings (SSSR count). The van der Waals surface area contributed by atoms with Crippen molar-refractivity contribution in [3.63, 3.8) is 0 Å². The second kappa shape index (κ2) is 9.85. The molecule has 1 heterocycles. The van der Waals surface area contributed by atoms with Gasteiger partial charge in [0, 0.05) is 13.1 Å².